The molecule has 1 fully saturated rings. The number of hydrogen-bond acceptors (Lipinski definition) is 3. The average molecular weight is 289 g/mol. The van der Waals surface area contributed by atoms with Gasteiger partial charge in [0.05, 0.1) is 5.92 Å². The van der Waals surface area contributed by atoms with Gasteiger partial charge < -0.3 is 4.90 Å². The van der Waals surface area contributed by atoms with E-state index in [2.05, 4.69) is 15.6 Å². The van der Waals surface area contributed by atoms with Crippen molar-refractivity contribution in [3.05, 3.63) is 40.3 Å². The Labute approximate surface area is 122 Å². The Morgan fingerprint density at radius 2 is 2.45 bits per heavy atom. The predicted molar refractivity (Wildman–Crippen MR) is 79.9 cm³/mol. The Hall–Kier alpha value is -1.62. The van der Waals surface area contributed by atoms with Gasteiger partial charge >= 0.3 is 0 Å². The highest BCUT2D eigenvalue weighted by atomic mass is 32.1. The maximum atomic E-state index is 12.6. The third kappa shape index (κ3) is 2.63. The van der Waals surface area contributed by atoms with Gasteiger partial charge in [0.25, 0.3) is 0 Å². The molecule has 1 aliphatic rings. The second-order valence-corrected chi connectivity index (χ2v) is 6.19. The van der Waals surface area contributed by atoms with Crippen LogP contribution < -0.4 is 0 Å². The summed E-state index contributed by atoms with van der Waals surface area (Å²) in [6.45, 7) is 3.68. The zero-order valence-corrected chi connectivity index (χ0v) is 12.4. The lowest BCUT2D eigenvalue weighted by Gasteiger charge is -2.33. The van der Waals surface area contributed by atoms with Gasteiger partial charge in [-0.1, -0.05) is 0 Å². The Balaban J connectivity index is 1.69. The number of aromatic amines is 1. The predicted octanol–water partition coefficient (Wildman–Crippen LogP) is 2.98. The van der Waals surface area contributed by atoms with Gasteiger partial charge in [-0.3, -0.25) is 9.89 Å². The fraction of sp³-hybridized carbons (Fsp3) is 0.467. The third-order valence-corrected chi connectivity index (χ3v) is 4.81. The minimum Gasteiger partial charge on any atom is -0.342 e. The van der Waals surface area contributed by atoms with E-state index in [9.17, 15) is 4.79 Å². The normalized spacial score (nSPS) is 20.9. The molecule has 2 atom stereocenters. The molecule has 2 aromatic rings. The molecule has 0 saturated carbocycles. The minimum atomic E-state index is -0.0400. The number of amides is 1. The second-order valence-electron chi connectivity index (χ2n) is 5.41. The number of piperidine rings is 1. The van der Waals surface area contributed by atoms with Gasteiger partial charge in [-0.25, -0.2) is 0 Å². The number of rotatable bonds is 3. The van der Waals surface area contributed by atoms with Crippen molar-refractivity contribution in [3.8, 4) is 0 Å². The van der Waals surface area contributed by atoms with Gasteiger partial charge in [-0.05, 0) is 48.2 Å². The lowest BCUT2D eigenvalue weighted by molar-refractivity contribution is -0.133. The number of thiophene rings is 1. The molecule has 0 aliphatic carbocycles. The van der Waals surface area contributed by atoms with E-state index < -0.39 is 0 Å². The SMILES string of the molecule is CC(C(=O)N1CCCC(c2ccn[nH]2)C1)c1ccsc1. The fourth-order valence-electron chi connectivity index (χ4n) is 2.86. The first-order chi connectivity index (χ1) is 9.75. The number of carbonyl (C=O) groups is 1. The van der Waals surface area contributed by atoms with E-state index in [1.165, 1.54) is 0 Å². The third-order valence-electron chi connectivity index (χ3n) is 4.11. The van der Waals surface area contributed by atoms with Crippen LogP contribution in [0.25, 0.3) is 0 Å². The molecule has 0 bridgehead atoms. The topological polar surface area (TPSA) is 49.0 Å². The number of H-pyrrole nitrogens is 1. The lowest BCUT2D eigenvalue weighted by atomic mass is 9.93. The maximum absolute atomic E-state index is 12.6. The Morgan fingerprint density at radius 1 is 1.55 bits per heavy atom. The number of aromatic nitrogens is 2. The van der Waals surface area contributed by atoms with Gasteiger partial charge in [-0.15, -0.1) is 0 Å². The summed E-state index contributed by atoms with van der Waals surface area (Å²) >= 11 is 1.65. The standard InChI is InChI=1S/C15H19N3OS/c1-11(13-5-8-20-10-13)15(19)18-7-2-3-12(9-18)14-4-6-16-17-14/h4-6,8,10-12H,2-3,7,9H2,1H3,(H,16,17). The molecule has 20 heavy (non-hydrogen) atoms. The molecule has 0 aromatic carbocycles. The Kier molecular flexibility index (Phi) is 3.87. The molecule has 3 heterocycles. The van der Waals surface area contributed by atoms with Gasteiger partial charge in [-0.2, -0.15) is 16.4 Å². The van der Waals surface area contributed by atoms with Crippen molar-refractivity contribution in [2.75, 3.05) is 13.1 Å². The molecule has 1 saturated heterocycles. The van der Waals surface area contributed by atoms with Gasteiger partial charge in [0.2, 0.25) is 5.91 Å². The first-order valence-electron chi connectivity index (χ1n) is 7.06. The number of carbonyl (C=O) groups excluding carboxylic acids is 1. The first kappa shape index (κ1) is 13.4. The molecule has 0 spiro atoms. The summed E-state index contributed by atoms with van der Waals surface area (Å²) in [6.07, 6.45) is 3.97. The summed E-state index contributed by atoms with van der Waals surface area (Å²) in [4.78, 5) is 14.6. The summed E-state index contributed by atoms with van der Waals surface area (Å²) in [5.41, 5.74) is 2.27. The summed E-state index contributed by atoms with van der Waals surface area (Å²) < 4.78 is 0. The van der Waals surface area contributed by atoms with Crippen LogP contribution in [0.1, 0.15) is 42.9 Å². The van der Waals surface area contributed by atoms with Crippen molar-refractivity contribution < 1.29 is 4.79 Å². The van der Waals surface area contributed by atoms with E-state index in [1.54, 1.807) is 17.5 Å². The van der Waals surface area contributed by atoms with Crippen molar-refractivity contribution in [1.82, 2.24) is 15.1 Å². The zero-order chi connectivity index (χ0) is 13.9. The largest absolute Gasteiger partial charge is 0.342 e. The smallest absolute Gasteiger partial charge is 0.229 e. The molecule has 2 aromatic heterocycles. The minimum absolute atomic E-state index is 0.0400. The summed E-state index contributed by atoms with van der Waals surface area (Å²) in [7, 11) is 0. The van der Waals surface area contributed by atoms with Crippen LogP contribution in [-0.2, 0) is 4.79 Å². The molecular weight excluding hydrogens is 270 g/mol. The van der Waals surface area contributed by atoms with Gasteiger partial charge in [0.1, 0.15) is 0 Å². The number of hydrogen-bond donors (Lipinski definition) is 1. The van der Waals surface area contributed by atoms with E-state index in [-0.39, 0.29) is 11.8 Å². The summed E-state index contributed by atoms with van der Waals surface area (Å²) in [6, 6.07) is 4.06. The number of likely N-dealkylation sites (tertiary alicyclic amines) is 1. The molecular formula is C15H19N3OS. The van der Waals surface area contributed by atoms with E-state index in [0.29, 0.717) is 5.92 Å². The van der Waals surface area contributed by atoms with Crippen LogP contribution in [0.3, 0.4) is 0 Å². The van der Waals surface area contributed by atoms with E-state index in [0.717, 1.165) is 37.2 Å². The highest BCUT2D eigenvalue weighted by Crippen LogP contribution is 2.28. The number of nitrogens with one attached hydrogen (secondary N) is 1. The van der Waals surface area contributed by atoms with Crippen molar-refractivity contribution in [3.63, 3.8) is 0 Å². The van der Waals surface area contributed by atoms with Crippen LogP contribution in [0.15, 0.2) is 29.1 Å². The van der Waals surface area contributed by atoms with Crippen molar-refractivity contribution >= 4 is 17.2 Å². The quantitative estimate of drug-likeness (QED) is 0.944. The molecule has 2 unspecified atom stereocenters. The molecule has 106 valence electrons. The molecule has 1 aliphatic heterocycles. The van der Waals surface area contributed by atoms with Crippen LogP contribution in [-0.4, -0.2) is 34.1 Å². The van der Waals surface area contributed by atoms with E-state index >= 15 is 0 Å². The molecule has 1 N–H and O–H groups in total. The lowest BCUT2D eigenvalue weighted by Crippen LogP contribution is -2.41. The van der Waals surface area contributed by atoms with Crippen LogP contribution in [0, 0.1) is 0 Å². The van der Waals surface area contributed by atoms with Crippen LogP contribution >= 0.6 is 11.3 Å². The first-order valence-corrected chi connectivity index (χ1v) is 8.00. The van der Waals surface area contributed by atoms with Crippen molar-refractivity contribution in [2.24, 2.45) is 0 Å². The second kappa shape index (κ2) is 5.79. The average Bonchev–Trinajstić information content (AvgIpc) is 3.18. The van der Waals surface area contributed by atoms with Gasteiger partial charge in [0, 0.05) is 30.9 Å². The Bertz CT molecular complexity index is 550. The molecule has 5 heteroatoms. The van der Waals surface area contributed by atoms with Crippen LogP contribution in [0.4, 0.5) is 0 Å². The monoisotopic (exact) mass is 289 g/mol. The molecule has 3 rings (SSSR count). The van der Waals surface area contributed by atoms with E-state index in [4.69, 9.17) is 0 Å². The molecule has 0 radical (unpaired) electrons. The Morgan fingerprint density at radius 3 is 3.15 bits per heavy atom. The summed E-state index contributed by atoms with van der Waals surface area (Å²) in [5.74, 6) is 0.597. The van der Waals surface area contributed by atoms with Crippen molar-refractivity contribution in [1.29, 1.82) is 0 Å². The summed E-state index contributed by atoms with van der Waals surface area (Å²) in [5, 5.41) is 11.2. The van der Waals surface area contributed by atoms with E-state index in [1.807, 2.05) is 29.3 Å². The maximum Gasteiger partial charge on any atom is 0.229 e. The molecule has 1 amide bonds. The van der Waals surface area contributed by atoms with Gasteiger partial charge in [0.15, 0.2) is 0 Å². The highest BCUT2D eigenvalue weighted by molar-refractivity contribution is 7.08. The molecule has 4 nitrogen and oxygen atoms in total. The highest BCUT2D eigenvalue weighted by Gasteiger charge is 2.28. The van der Waals surface area contributed by atoms with Crippen LogP contribution in [0.2, 0.25) is 0 Å². The zero-order valence-electron chi connectivity index (χ0n) is 11.6. The fourth-order valence-corrected chi connectivity index (χ4v) is 3.62. The van der Waals surface area contributed by atoms with Crippen LogP contribution in [0.5, 0.6) is 0 Å². The number of nitrogens with zero attached hydrogens (tertiary/aromatic N) is 2. The van der Waals surface area contributed by atoms with Crippen molar-refractivity contribution in [2.45, 2.75) is 31.6 Å².